The van der Waals surface area contributed by atoms with Gasteiger partial charge >= 0.3 is 0 Å². The van der Waals surface area contributed by atoms with Crippen LogP contribution in [0.1, 0.15) is 30.4 Å². The maximum absolute atomic E-state index is 5.54. The van der Waals surface area contributed by atoms with Gasteiger partial charge in [-0.3, -0.25) is 14.8 Å². The van der Waals surface area contributed by atoms with Crippen LogP contribution in [0.2, 0.25) is 0 Å². The molecule has 140 valence electrons. The maximum Gasteiger partial charge on any atom is 0.0947 e. The van der Waals surface area contributed by atoms with E-state index in [0.29, 0.717) is 11.5 Å². The molecular formula is C21H29N3O2. The highest BCUT2D eigenvalue weighted by Crippen LogP contribution is 2.44. The minimum absolute atomic E-state index is 0.443. The summed E-state index contributed by atoms with van der Waals surface area (Å²) in [6.07, 6.45) is 11.3. The molecule has 0 bridgehead atoms. The molecule has 2 aliphatic rings. The average molecular weight is 355 g/mol. The van der Waals surface area contributed by atoms with Gasteiger partial charge in [0.25, 0.3) is 0 Å². The minimum atomic E-state index is 0.443. The van der Waals surface area contributed by atoms with E-state index < -0.39 is 0 Å². The Morgan fingerprint density at radius 2 is 2.12 bits per heavy atom. The third-order valence-electron chi connectivity index (χ3n) is 6.09. The molecule has 1 atom stereocenters. The van der Waals surface area contributed by atoms with Crippen molar-refractivity contribution >= 4 is 0 Å². The molecule has 2 aromatic heterocycles. The van der Waals surface area contributed by atoms with Crippen molar-refractivity contribution in [3.8, 4) is 0 Å². The lowest BCUT2D eigenvalue weighted by molar-refractivity contribution is 0.101. The van der Waals surface area contributed by atoms with Crippen LogP contribution in [0.3, 0.4) is 0 Å². The first-order valence-electron chi connectivity index (χ1n) is 9.62. The number of methoxy groups -OCH3 is 1. The highest BCUT2D eigenvalue weighted by Gasteiger charge is 2.45. The number of piperidine rings is 1. The second-order valence-corrected chi connectivity index (χ2v) is 7.99. The van der Waals surface area contributed by atoms with Crippen molar-refractivity contribution in [2.24, 2.45) is 5.41 Å². The van der Waals surface area contributed by atoms with Crippen LogP contribution < -0.4 is 0 Å². The Balaban J connectivity index is 1.38. The van der Waals surface area contributed by atoms with Crippen molar-refractivity contribution in [3.63, 3.8) is 0 Å². The van der Waals surface area contributed by atoms with Crippen molar-refractivity contribution in [1.82, 2.24) is 14.8 Å². The lowest BCUT2D eigenvalue weighted by Gasteiger charge is -2.39. The highest BCUT2D eigenvalue weighted by molar-refractivity contribution is 5.11. The number of rotatable bonds is 6. The molecular weight excluding hydrogens is 326 g/mol. The van der Waals surface area contributed by atoms with Gasteiger partial charge in [0.05, 0.1) is 19.1 Å². The van der Waals surface area contributed by atoms with Gasteiger partial charge in [0.1, 0.15) is 0 Å². The summed E-state index contributed by atoms with van der Waals surface area (Å²) in [5.41, 5.74) is 3.02. The lowest BCUT2D eigenvalue weighted by atomic mass is 9.76. The fraction of sp³-hybridized carbons (Fsp3) is 0.571. The number of nitrogens with zero attached hydrogens (tertiary/aromatic N) is 3. The van der Waals surface area contributed by atoms with Crippen LogP contribution in [0.15, 0.2) is 47.5 Å². The minimum Gasteiger partial charge on any atom is -0.472 e. The topological polar surface area (TPSA) is 41.7 Å². The average Bonchev–Trinajstić information content (AvgIpc) is 3.27. The molecule has 2 aliphatic heterocycles. The van der Waals surface area contributed by atoms with Gasteiger partial charge in [-0.1, -0.05) is 6.07 Å². The molecule has 5 nitrogen and oxygen atoms in total. The summed E-state index contributed by atoms with van der Waals surface area (Å²) in [5.74, 6) is 0. The van der Waals surface area contributed by atoms with Gasteiger partial charge in [-0.25, -0.2) is 0 Å². The van der Waals surface area contributed by atoms with Crippen LogP contribution >= 0.6 is 0 Å². The van der Waals surface area contributed by atoms with Crippen molar-refractivity contribution in [1.29, 1.82) is 0 Å². The smallest absolute Gasteiger partial charge is 0.0947 e. The van der Waals surface area contributed by atoms with Crippen LogP contribution in [0, 0.1) is 5.41 Å². The molecule has 0 aromatic carbocycles. The summed E-state index contributed by atoms with van der Waals surface area (Å²) in [4.78, 5) is 9.45. The van der Waals surface area contributed by atoms with E-state index in [1.54, 1.807) is 6.26 Å². The van der Waals surface area contributed by atoms with E-state index in [1.807, 2.05) is 31.8 Å². The summed E-state index contributed by atoms with van der Waals surface area (Å²) < 4.78 is 10.7. The fourth-order valence-electron chi connectivity index (χ4n) is 4.71. The van der Waals surface area contributed by atoms with Crippen LogP contribution in [0.4, 0.5) is 0 Å². The first-order valence-corrected chi connectivity index (χ1v) is 9.62. The SMILES string of the molecule is COC[C@H]1CC2(CCN(Cc3ccoc3)CC2)CN1Cc1cccnc1. The third-order valence-corrected chi connectivity index (χ3v) is 6.09. The highest BCUT2D eigenvalue weighted by atomic mass is 16.5. The number of aromatic nitrogens is 1. The third kappa shape index (κ3) is 4.00. The second-order valence-electron chi connectivity index (χ2n) is 7.99. The van der Waals surface area contributed by atoms with Gasteiger partial charge in [0.2, 0.25) is 0 Å². The Kier molecular flexibility index (Phi) is 5.38. The molecule has 0 aliphatic carbocycles. The molecule has 2 aromatic rings. The number of hydrogen-bond acceptors (Lipinski definition) is 5. The number of hydrogen-bond donors (Lipinski definition) is 0. The van der Waals surface area contributed by atoms with Crippen LogP contribution in [-0.4, -0.2) is 54.2 Å². The fourth-order valence-corrected chi connectivity index (χ4v) is 4.71. The first-order chi connectivity index (χ1) is 12.8. The Hall–Kier alpha value is -1.69. The molecule has 0 radical (unpaired) electrons. The van der Waals surface area contributed by atoms with E-state index in [1.165, 1.54) is 50.0 Å². The van der Waals surface area contributed by atoms with Gasteiger partial charge in [-0.2, -0.15) is 0 Å². The second kappa shape index (κ2) is 7.91. The predicted octanol–water partition coefficient (Wildman–Crippen LogP) is 3.18. The van der Waals surface area contributed by atoms with E-state index in [-0.39, 0.29) is 0 Å². The van der Waals surface area contributed by atoms with Crippen molar-refractivity contribution in [3.05, 3.63) is 54.2 Å². The van der Waals surface area contributed by atoms with E-state index in [4.69, 9.17) is 9.15 Å². The molecule has 4 heterocycles. The summed E-state index contributed by atoms with van der Waals surface area (Å²) in [7, 11) is 1.82. The Morgan fingerprint density at radius 1 is 1.23 bits per heavy atom. The number of likely N-dealkylation sites (tertiary alicyclic amines) is 2. The van der Waals surface area contributed by atoms with Crippen LogP contribution in [0.5, 0.6) is 0 Å². The van der Waals surface area contributed by atoms with Gasteiger partial charge in [-0.05, 0) is 55.5 Å². The van der Waals surface area contributed by atoms with Crippen molar-refractivity contribution in [2.75, 3.05) is 33.4 Å². The van der Waals surface area contributed by atoms with Gasteiger partial charge in [0.15, 0.2) is 0 Å². The number of pyridine rings is 1. The van der Waals surface area contributed by atoms with E-state index in [9.17, 15) is 0 Å². The standard InChI is InChI=1S/C21H29N3O2/c1-25-16-20-11-21(17-24(20)14-18-3-2-7-22-12-18)5-8-23(9-6-21)13-19-4-10-26-15-19/h2-4,7,10,12,15,20H,5-6,8-9,11,13-14,16-17H2,1H3/t20-/m1/s1. The Labute approximate surface area is 156 Å². The lowest BCUT2D eigenvalue weighted by Crippen LogP contribution is -2.41. The van der Waals surface area contributed by atoms with Crippen LogP contribution in [-0.2, 0) is 17.8 Å². The Bertz CT molecular complexity index is 666. The molecule has 0 saturated carbocycles. The predicted molar refractivity (Wildman–Crippen MR) is 101 cm³/mol. The van der Waals surface area contributed by atoms with Crippen molar-refractivity contribution in [2.45, 2.75) is 38.4 Å². The molecule has 0 amide bonds. The van der Waals surface area contributed by atoms with Crippen molar-refractivity contribution < 1.29 is 9.15 Å². The molecule has 0 unspecified atom stereocenters. The molecule has 26 heavy (non-hydrogen) atoms. The summed E-state index contributed by atoms with van der Waals surface area (Å²) in [6.45, 7) is 6.32. The summed E-state index contributed by atoms with van der Waals surface area (Å²) in [5, 5.41) is 0. The quantitative estimate of drug-likeness (QED) is 0.796. The van der Waals surface area contributed by atoms with Gasteiger partial charge < -0.3 is 9.15 Å². The zero-order valence-electron chi connectivity index (χ0n) is 15.6. The molecule has 0 N–H and O–H groups in total. The zero-order chi connectivity index (χ0) is 17.8. The Morgan fingerprint density at radius 3 is 2.81 bits per heavy atom. The van der Waals surface area contributed by atoms with Gasteiger partial charge in [0, 0.05) is 50.7 Å². The summed E-state index contributed by atoms with van der Waals surface area (Å²) in [6, 6.07) is 6.79. The zero-order valence-corrected chi connectivity index (χ0v) is 15.6. The van der Waals surface area contributed by atoms with Gasteiger partial charge in [-0.15, -0.1) is 0 Å². The molecule has 5 heteroatoms. The monoisotopic (exact) mass is 355 g/mol. The maximum atomic E-state index is 5.54. The van der Waals surface area contributed by atoms with E-state index in [2.05, 4.69) is 26.9 Å². The first kappa shape index (κ1) is 17.7. The molecule has 4 rings (SSSR count). The number of ether oxygens (including phenoxy) is 1. The molecule has 2 fully saturated rings. The summed E-state index contributed by atoms with van der Waals surface area (Å²) >= 11 is 0. The van der Waals surface area contributed by atoms with E-state index in [0.717, 1.165) is 19.7 Å². The van der Waals surface area contributed by atoms with Crippen LogP contribution in [0.25, 0.3) is 0 Å². The normalized spacial score (nSPS) is 23.7. The molecule has 1 spiro atoms. The molecule has 2 saturated heterocycles. The van der Waals surface area contributed by atoms with E-state index >= 15 is 0 Å². The largest absolute Gasteiger partial charge is 0.472 e. The number of furan rings is 1.